The molecule has 13 heavy (non-hydrogen) atoms. The van der Waals surface area contributed by atoms with Crippen LogP contribution < -0.4 is 29.7 Å². The summed E-state index contributed by atoms with van der Waals surface area (Å²) < 4.78 is 0. The SMILES string of the molecule is CCCCCCCCCCC[NH3+].[I-]. The van der Waals surface area contributed by atoms with Crippen LogP contribution in [0, 0.1) is 0 Å². The normalized spacial score (nSPS) is 9.69. The van der Waals surface area contributed by atoms with Crippen LogP contribution in [0.3, 0.4) is 0 Å². The monoisotopic (exact) mass is 299 g/mol. The van der Waals surface area contributed by atoms with E-state index < -0.39 is 0 Å². The third-order valence-corrected chi connectivity index (χ3v) is 2.35. The van der Waals surface area contributed by atoms with E-state index in [-0.39, 0.29) is 24.0 Å². The van der Waals surface area contributed by atoms with E-state index in [1.807, 2.05) is 0 Å². The van der Waals surface area contributed by atoms with E-state index in [1.54, 1.807) is 0 Å². The van der Waals surface area contributed by atoms with Crippen molar-refractivity contribution in [2.24, 2.45) is 0 Å². The second kappa shape index (κ2) is 15.2. The van der Waals surface area contributed by atoms with Crippen LogP contribution in [0.25, 0.3) is 0 Å². The van der Waals surface area contributed by atoms with Gasteiger partial charge in [-0.3, -0.25) is 0 Å². The van der Waals surface area contributed by atoms with Crippen LogP contribution in [-0.2, 0) is 0 Å². The molecule has 0 spiro atoms. The predicted octanol–water partition coefficient (Wildman–Crippen LogP) is -0.237. The minimum absolute atomic E-state index is 0. The third-order valence-electron chi connectivity index (χ3n) is 2.35. The van der Waals surface area contributed by atoms with Crippen LogP contribution >= 0.6 is 0 Å². The molecule has 0 radical (unpaired) electrons. The molecule has 0 unspecified atom stereocenters. The van der Waals surface area contributed by atoms with Crippen LogP contribution in [0.15, 0.2) is 0 Å². The molecule has 0 saturated carbocycles. The molecule has 0 aliphatic rings. The molecular formula is C11H26IN. The molecule has 0 aromatic heterocycles. The molecule has 0 amide bonds. The van der Waals surface area contributed by atoms with Gasteiger partial charge in [0.2, 0.25) is 0 Å². The number of quaternary nitrogens is 1. The molecular weight excluding hydrogens is 273 g/mol. The lowest BCUT2D eigenvalue weighted by molar-refractivity contribution is -0.368. The zero-order valence-corrected chi connectivity index (χ0v) is 11.3. The smallest absolute Gasteiger partial charge is 0.0739 e. The summed E-state index contributed by atoms with van der Waals surface area (Å²) in [6.45, 7) is 3.39. The minimum Gasteiger partial charge on any atom is -1.00 e. The molecule has 0 aliphatic heterocycles. The van der Waals surface area contributed by atoms with E-state index in [4.69, 9.17) is 0 Å². The van der Waals surface area contributed by atoms with Gasteiger partial charge >= 0.3 is 0 Å². The average molecular weight is 299 g/mol. The molecule has 2 heteroatoms. The second-order valence-electron chi connectivity index (χ2n) is 3.68. The van der Waals surface area contributed by atoms with Crippen molar-refractivity contribution in [1.82, 2.24) is 0 Å². The Morgan fingerprint density at radius 2 is 1.08 bits per heavy atom. The molecule has 0 fully saturated rings. The van der Waals surface area contributed by atoms with Gasteiger partial charge in [-0.25, -0.2) is 0 Å². The van der Waals surface area contributed by atoms with Gasteiger partial charge in [0.05, 0.1) is 6.54 Å². The van der Waals surface area contributed by atoms with E-state index in [1.165, 1.54) is 57.8 Å². The molecule has 3 N–H and O–H groups in total. The third kappa shape index (κ3) is 15.4. The number of rotatable bonds is 9. The predicted molar refractivity (Wildman–Crippen MR) is 55.0 cm³/mol. The Labute approximate surface area is 101 Å². The Morgan fingerprint density at radius 3 is 1.46 bits per heavy atom. The maximum Gasteiger partial charge on any atom is 0.0739 e. The standard InChI is InChI=1S/C11H25N.HI/c1-2-3-4-5-6-7-8-9-10-11-12;/h2-12H2,1H3;1H. The molecule has 0 heterocycles. The number of hydrogen-bond acceptors (Lipinski definition) is 0. The van der Waals surface area contributed by atoms with Gasteiger partial charge in [-0.2, -0.15) is 0 Å². The first-order valence-corrected chi connectivity index (χ1v) is 5.71. The molecule has 0 aliphatic carbocycles. The first-order chi connectivity index (χ1) is 5.91. The fourth-order valence-corrected chi connectivity index (χ4v) is 1.49. The molecule has 0 aromatic carbocycles. The highest BCUT2D eigenvalue weighted by Crippen LogP contribution is 2.08. The van der Waals surface area contributed by atoms with Gasteiger partial charge in [0.25, 0.3) is 0 Å². The van der Waals surface area contributed by atoms with Crippen molar-refractivity contribution >= 4 is 0 Å². The zero-order chi connectivity index (χ0) is 9.07. The van der Waals surface area contributed by atoms with E-state index in [2.05, 4.69) is 12.7 Å². The quantitative estimate of drug-likeness (QED) is 0.450. The maximum absolute atomic E-state index is 3.84. The van der Waals surface area contributed by atoms with Crippen molar-refractivity contribution in [3.8, 4) is 0 Å². The van der Waals surface area contributed by atoms with Gasteiger partial charge in [-0.05, 0) is 12.8 Å². The van der Waals surface area contributed by atoms with Crippen molar-refractivity contribution in [3.63, 3.8) is 0 Å². The van der Waals surface area contributed by atoms with E-state index in [0.717, 1.165) is 6.54 Å². The molecule has 0 rings (SSSR count). The van der Waals surface area contributed by atoms with Crippen LogP contribution in [0.2, 0.25) is 0 Å². The summed E-state index contributed by atoms with van der Waals surface area (Å²) in [5, 5.41) is 0. The Balaban J connectivity index is 0. The van der Waals surface area contributed by atoms with Crippen LogP contribution in [-0.4, -0.2) is 6.54 Å². The van der Waals surface area contributed by atoms with Crippen molar-refractivity contribution in [2.75, 3.05) is 6.54 Å². The van der Waals surface area contributed by atoms with Gasteiger partial charge in [-0.15, -0.1) is 0 Å². The largest absolute Gasteiger partial charge is 1.00 e. The average Bonchev–Trinajstić information content (AvgIpc) is 2.10. The molecule has 0 atom stereocenters. The zero-order valence-electron chi connectivity index (χ0n) is 9.16. The fraction of sp³-hybridized carbons (Fsp3) is 1.00. The summed E-state index contributed by atoms with van der Waals surface area (Å²) in [5.74, 6) is 0. The van der Waals surface area contributed by atoms with E-state index in [9.17, 15) is 0 Å². The highest BCUT2D eigenvalue weighted by Gasteiger charge is 1.90. The summed E-state index contributed by atoms with van der Waals surface area (Å²) in [6.07, 6.45) is 12.8. The summed E-state index contributed by atoms with van der Waals surface area (Å²) in [4.78, 5) is 0. The summed E-state index contributed by atoms with van der Waals surface area (Å²) in [6, 6.07) is 0. The van der Waals surface area contributed by atoms with Gasteiger partial charge in [0.1, 0.15) is 0 Å². The lowest BCUT2D eigenvalue weighted by Crippen LogP contribution is -3.00. The highest BCUT2D eigenvalue weighted by molar-refractivity contribution is 4.45. The van der Waals surface area contributed by atoms with Gasteiger partial charge in [-0.1, -0.05) is 51.9 Å². The van der Waals surface area contributed by atoms with Crippen molar-refractivity contribution < 1.29 is 29.7 Å². The van der Waals surface area contributed by atoms with Crippen molar-refractivity contribution in [1.29, 1.82) is 0 Å². The first-order valence-electron chi connectivity index (χ1n) is 5.71. The minimum atomic E-state index is 0. The van der Waals surface area contributed by atoms with Crippen molar-refractivity contribution in [3.05, 3.63) is 0 Å². The van der Waals surface area contributed by atoms with Gasteiger partial charge in [0.15, 0.2) is 0 Å². The Bertz CT molecular complexity index is 66.5. The number of halogens is 1. The lowest BCUT2D eigenvalue weighted by Gasteiger charge is -1.99. The van der Waals surface area contributed by atoms with E-state index in [0.29, 0.717) is 0 Å². The van der Waals surface area contributed by atoms with Crippen LogP contribution in [0.5, 0.6) is 0 Å². The lowest BCUT2D eigenvalue weighted by atomic mass is 10.1. The van der Waals surface area contributed by atoms with Crippen LogP contribution in [0.1, 0.15) is 64.7 Å². The van der Waals surface area contributed by atoms with Crippen molar-refractivity contribution in [2.45, 2.75) is 64.7 Å². The van der Waals surface area contributed by atoms with Gasteiger partial charge in [0, 0.05) is 0 Å². The Morgan fingerprint density at radius 1 is 0.692 bits per heavy atom. The van der Waals surface area contributed by atoms with E-state index >= 15 is 0 Å². The second-order valence-corrected chi connectivity index (χ2v) is 3.68. The van der Waals surface area contributed by atoms with Crippen LogP contribution in [0.4, 0.5) is 0 Å². The molecule has 1 nitrogen and oxygen atoms in total. The number of hydrogen-bond donors (Lipinski definition) is 1. The first kappa shape index (κ1) is 16.1. The molecule has 0 aromatic rings. The Kier molecular flexibility index (Phi) is 18.8. The van der Waals surface area contributed by atoms with Gasteiger partial charge < -0.3 is 29.7 Å². The molecule has 0 saturated heterocycles. The summed E-state index contributed by atoms with van der Waals surface area (Å²) >= 11 is 0. The number of unbranched alkanes of at least 4 members (excludes halogenated alkanes) is 8. The maximum atomic E-state index is 3.84. The fourth-order valence-electron chi connectivity index (χ4n) is 1.49. The summed E-state index contributed by atoms with van der Waals surface area (Å²) in [7, 11) is 0. The summed E-state index contributed by atoms with van der Waals surface area (Å²) in [5.41, 5.74) is 3.84. The molecule has 82 valence electrons. The topological polar surface area (TPSA) is 27.6 Å². The Hall–Kier alpha value is 0.690. The molecule has 0 bridgehead atoms. The highest BCUT2D eigenvalue weighted by atomic mass is 127.